The first kappa shape index (κ1) is 20.7. The monoisotopic (exact) mass is 454 g/mol. The third-order valence-electron chi connectivity index (χ3n) is 6.83. The van der Waals surface area contributed by atoms with E-state index < -0.39 is 0 Å². The number of nitrogens with one attached hydrogen (secondary N) is 2. The highest BCUT2D eigenvalue weighted by Crippen LogP contribution is 2.44. The molecule has 172 valence electrons. The number of carbonyl (C=O) groups excluding carboxylic acids is 1. The van der Waals surface area contributed by atoms with E-state index in [1.807, 2.05) is 42.5 Å². The van der Waals surface area contributed by atoms with Crippen molar-refractivity contribution < 1.29 is 14.6 Å². The summed E-state index contributed by atoms with van der Waals surface area (Å²) in [5.74, 6) is 2.41. The Hall–Kier alpha value is -3.87. The van der Waals surface area contributed by atoms with Crippen LogP contribution in [0.5, 0.6) is 11.6 Å². The van der Waals surface area contributed by atoms with Gasteiger partial charge in [-0.3, -0.25) is 4.79 Å². The van der Waals surface area contributed by atoms with Gasteiger partial charge in [-0.15, -0.1) is 0 Å². The van der Waals surface area contributed by atoms with E-state index in [1.54, 1.807) is 19.4 Å². The quantitative estimate of drug-likeness (QED) is 0.368. The summed E-state index contributed by atoms with van der Waals surface area (Å²) in [7, 11) is 1.58. The molecule has 0 aliphatic heterocycles. The van der Waals surface area contributed by atoms with Crippen LogP contribution in [0.25, 0.3) is 33.5 Å². The van der Waals surface area contributed by atoms with E-state index in [0.29, 0.717) is 40.7 Å². The van der Waals surface area contributed by atoms with Crippen molar-refractivity contribution >= 4 is 16.9 Å². The minimum atomic E-state index is -0.0321. The van der Waals surface area contributed by atoms with Crippen LogP contribution < -0.4 is 10.1 Å². The lowest BCUT2D eigenvalue weighted by molar-refractivity contribution is 0.0926. The molecule has 0 bridgehead atoms. The maximum absolute atomic E-state index is 13.0. The zero-order valence-corrected chi connectivity index (χ0v) is 18.9. The number of aromatic hydroxyl groups is 1. The van der Waals surface area contributed by atoms with Gasteiger partial charge in [0.25, 0.3) is 5.91 Å². The van der Waals surface area contributed by atoms with E-state index in [4.69, 9.17) is 4.74 Å². The summed E-state index contributed by atoms with van der Waals surface area (Å²) in [6.07, 6.45) is 6.56. The number of aromatic nitrogens is 3. The number of ether oxygens (including phenoxy) is 1. The molecule has 0 atom stereocenters. The van der Waals surface area contributed by atoms with Crippen LogP contribution in [0, 0.1) is 11.8 Å². The molecular formula is C27H26N4O3. The van der Waals surface area contributed by atoms with Crippen LogP contribution in [0.15, 0.2) is 54.7 Å². The molecule has 2 aliphatic rings. The van der Waals surface area contributed by atoms with Gasteiger partial charge in [-0.2, -0.15) is 0 Å². The Balaban J connectivity index is 1.31. The Kier molecular flexibility index (Phi) is 4.98. The van der Waals surface area contributed by atoms with E-state index >= 15 is 0 Å². The Labute approximate surface area is 197 Å². The maximum Gasteiger partial charge on any atom is 0.251 e. The second kappa shape index (κ2) is 8.17. The van der Waals surface area contributed by atoms with Gasteiger partial charge in [0.1, 0.15) is 11.6 Å². The summed E-state index contributed by atoms with van der Waals surface area (Å²) in [6, 6.07) is 14.9. The molecule has 6 rings (SSSR count). The van der Waals surface area contributed by atoms with Gasteiger partial charge < -0.3 is 20.1 Å². The summed E-state index contributed by atoms with van der Waals surface area (Å²) in [6.45, 7) is 0. The third-order valence-corrected chi connectivity index (χ3v) is 6.83. The predicted molar refractivity (Wildman–Crippen MR) is 130 cm³/mol. The van der Waals surface area contributed by atoms with Gasteiger partial charge in [0, 0.05) is 23.4 Å². The number of benzene rings is 2. The fourth-order valence-electron chi connectivity index (χ4n) is 4.71. The number of amides is 1. The fourth-order valence-corrected chi connectivity index (χ4v) is 4.71. The standard InChI is InChI=1S/C27H26N4O3/c1-34-27-19(3-2-12-28-27)17-9-11-23(32)20(13-17)25-29-21-10-8-18(14-22(21)30-25)26(33)31-24(15-4-5-15)16-6-7-16/h2-3,8-16,24,32H,4-7H2,1H3,(H,29,30)(H,31,33). The van der Waals surface area contributed by atoms with E-state index in [0.717, 1.165) is 22.2 Å². The van der Waals surface area contributed by atoms with Crippen molar-refractivity contribution in [1.82, 2.24) is 20.3 Å². The van der Waals surface area contributed by atoms with Crippen LogP contribution in [0.1, 0.15) is 36.0 Å². The van der Waals surface area contributed by atoms with Crippen LogP contribution in [-0.4, -0.2) is 39.1 Å². The SMILES string of the molecule is COc1ncccc1-c1ccc(O)c(-c2nc3ccc(C(=O)NC(C4CC4)C4CC4)cc3[nH]2)c1. The van der Waals surface area contributed by atoms with Gasteiger partial charge in [-0.05, 0) is 85.5 Å². The molecule has 4 aromatic rings. The van der Waals surface area contributed by atoms with E-state index in [2.05, 4.69) is 20.3 Å². The first-order chi connectivity index (χ1) is 16.6. The van der Waals surface area contributed by atoms with Gasteiger partial charge in [-0.25, -0.2) is 9.97 Å². The van der Waals surface area contributed by atoms with Crippen LogP contribution in [0.3, 0.4) is 0 Å². The highest BCUT2D eigenvalue weighted by atomic mass is 16.5. The minimum absolute atomic E-state index is 0.0321. The number of pyridine rings is 1. The van der Waals surface area contributed by atoms with Crippen LogP contribution in [0.4, 0.5) is 0 Å². The smallest absolute Gasteiger partial charge is 0.251 e. The maximum atomic E-state index is 13.0. The zero-order valence-electron chi connectivity index (χ0n) is 18.9. The molecular weight excluding hydrogens is 428 g/mol. The van der Waals surface area contributed by atoms with Gasteiger partial charge in [-0.1, -0.05) is 6.07 Å². The highest BCUT2D eigenvalue weighted by molar-refractivity contribution is 5.98. The molecule has 3 N–H and O–H groups in total. The molecule has 2 aliphatic carbocycles. The molecule has 34 heavy (non-hydrogen) atoms. The summed E-state index contributed by atoms with van der Waals surface area (Å²) in [4.78, 5) is 25.2. The molecule has 7 heteroatoms. The third kappa shape index (κ3) is 3.87. The number of aromatic amines is 1. The van der Waals surface area contributed by atoms with Crippen LogP contribution in [-0.2, 0) is 0 Å². The second-order valence-corrected chi connectivity index (χ2v) is 9.28. The summed E-state index contributed by atoms with van der Waals surface area (Å²) >= 11 is 0. The number of nitrogens with zero attached hydrogens (tertiary/aromatic N) is 2. The number of carbonyl (C=O) groups is 1. The van der Waals surface area contributed by atoms with Crippen LogP contribution >= 0.6 is 0 Å². The predicted octanol–water partition coefficient (Wildman–Crippen LogP) is 4.92. The molecule has 2 heterocycles. The van der Waals surface area contributed by atoms with Crippen molar-refractivity contribution in [2.24, 2.45) is 11.8 Å². The average molecular weight is 455 g/mol. The minimum Gasteiger partial charge on any atom is -0.507 e. The fraction of sp³-hybridized carbons (Fsp3) is 0.296. The number of phenols is 1. The Morgan fingerprint density at radius 3 is 2.62 bits per heavy atom. The topological polar surface area (TPSA) is 100 Å². The van der Waals surface area contributed by atoms with Gasteiger partial charge in [0.2, 0.25) is 5.88 Å². The molecule has 0 radical (unpaired) electrons. The molecule has 0 spiro atoms. The molecule has 2 aromatic heterocycles. The average Bonchev–Trinajstić information content (AvgIpc) is 3.80. The number of hydrogen-bond donors (Lipinski definition) is 3. The Morgan fingerprint density at radius 2 is 1.88 bits per heavy atom. The second-order valence-electron chi connectivity index (χ2n) is 9.28. The summed E-state index contributed by atoms with van der Waals surface area (Å²) in [5, 5.41) is 13.8. The molecule has 7 nitrogen and oxygen atoms in total. The van der Waals surface area contributed by atoms with Crippen molar-refractivity contribution in [3.05, 3.63) is 60.3 Å². The Morgan fingerprint density at radius 1 is 1.09 bits per heavy atom. The van der Waals surface area contributed by atoms with Gasteiger partial charge >= 0.3 is 0 Å². The Bertz CT molecular complexity index is 1380. The first-order valence-electron chi connectivity index (χ1n) is 11.7. The number of fused-ring (bicyclic) bond motifs is 1. The van der Waals surface area contributed by atoms with Crippen molar-refractivity contribution in [3.63, 3.8) is 0 Å². The van der Waals surface area contributed by atoms with E-state index in [9.17, 15) is 9.90 Å². The number of phenolic OH excluding ortho intramolecular Hbond substituents is 1. The lowest BCUT2D eigenvalue weighted by Crippen LogP contribution is -2.38. The van der Waals surface area contributed by atoms with Crippen molar-refractivity contribution in [1.29, 1.82) is 0 Å². The van der Waals surface area contributed by atoms with E-state index in [-0.39, 0.29) is 11.7 Å². The first-order valence-corrected chi connectivity index (χ1v) is 11.7. The van der Waals surface area contributed by atoms with Gasteiger partial charge in [0.05, 0.1) is 23.7 Å². The zero-order chi connectivity index (χ0) is 23.2. The largest absolute Gasteiger partial charge is 0.507 e. The van der Waals surface area contributed by atoms with Gasteiger partial charge in [0.15, 0.2) is 0 Å². The number of hydrogen-bond acceptors (Lipinski definition) is 5. The molecule has 2 aromatic carbocycles. The van der Waals surface area contributed by atoms with E-state index in [1.165, 1.54) is 25.7 Å². The molecule has 2 saturated carbocycles. The molecule has 2 fully saturated rings. The lowest BCUT2D eigenvalue weighted by Gasteiger charge is -2.17. The van der Waals surface area contributed by atoms with Crippen molar-refractivity contribution in [2.45, 2.75) is 31.7 Å². The lowest BCUT2D eigenvalue weighted by atomic mass is 10.0. The summed E-state index contributed by atoms with van der Waals surface area (Å²) in [5.41, 5.74) is 4.34. The van der Waals surface area contributed by atoms with Crippen molar-refractivity contribution in [3.8, 4) is 34.1 Å². The molecule has 0 unspecified atom stereocenters. The number of rotatable bonds is 7. The number of H-pyrrole nitrogens is 1. The number of imidazole rings is 1. The highest BCUT2D eigenvalue weighted by Gasteiger charge is 2.42. The summed E-state index contributed by atoms with van der Waals surface area (Å²) < 4.78 is 5.39. The molecule has 0 saturated heterocycles. The number of methoxy groups -OCH3 is 1. The molecule has 1 amide bonds. The van der Waals surface area contributed by atoms with Crippen LogP contribution in [0.2, 0.25) is 0 Å². The normalized spacial score (nSPS) is 15.6. The van der Waals surface area contributed by atoms with Crippen molar-refractivity contribution in [2.75, 3.05) is 7.11 Å².